The van der Waals surface area contributed by atoms with E-state index in [1.807, 2.05) is 20.8 Å². The van der Waals surface area contributed by atoms with Crippen LogP contribution in [0.2, 0.25) is 0 Å². The van der Waals surface area contributed by atoms with Gasteiger partial charge in [-0.05, 0) is 71.9 Å². The topological polar surface area (TPSA) is 107 Å². The lowest BCUT2D eigenvalue weighted by molar-refractivity contribution is 0.210. The number of ether oxygens (including phenoxy) is 1. The molecule has 0 aliphatic carbocycles. The Kier molecular flexibility index (Phi) is 6.44. The largest absolute Gasteiger partial charge is 0.477 e. The summed E-state index contributed by atoms with van der Waals surface area (Å²) in [5.74, 6) is 0.569. The molecule has 1 aliphatic heterocycles. The highest BCUT2D eigenvalue weighted by atomic mass is 32.2. The summed E-state index contributed by atoms with van der Waals surface area (Å²) in [6.07, 6.45) is 5.34. The number of nitrogens with one attached hydrogen (secondary N) is 1. The maximum Gasteiger partial charge on any atom is 0.269 e. The molecular formula is C25H31N7O3S. The molecular weight excluding hydrogens is 478 g/mol. The van der Waals surface area contributed by atoms with Crippen LogP contribution in [0.15, 0.2) is 47.6 Å². The Morgan fingerprint density at radius 3 is 2.50 bits per heavy atom. The van der Waals surface area contributed by atoms with Crippen molar-refractivity contribution >= 4 is 32.7 Å². The number of hydrogen-bond acceptors (Lipinski definition) is 8. The maximum absolute atomic E-state index is 13.4. The van der Waals surface area contributed by atoms with E-state index in [0.29, 0.717) is 23.9 Å². The molecule has 11 heteroatoms. The molecule has 3 aromatic heterocycles. The van der Waals surface area contributed by atoms with Gasteiger partial charge in [-0.1, -0.05) is 17.7 Å². The van der Waals surface area contributed by atoms with E-state index in [1.54, 1.807) is 36.5 Å². The van der Waals surface area contributed by atoms with Gasteiger partial charge in [0.1, 0.15) is 0 Å². The van der Waals surface area contributed by atoms with Crippen LogP contribution < -0.4 is 10.1 Å². The van der Waals surface area contributed by atoms with E-state index in [1.165, 1.54) is 10.2 Å². The monoisotopic (exact) mass is 509 g/mol. The van der Waals surface area contributed by atoms with Crippen LogP contribution in [0.3, 0.4) is 0 Å². The summed E-state index contributed by atoms with van der Waals surface area (Å²) in [6.45, 7) is 8.25. The number of benzene rings is 1. The molecule has 1 N–H and O–H groups in total. The first-order valence-corrected chi connectivity index (χ1v) is 13.6. The summed E-state index contributed by atoms with van der Waals surface area (Å²) < 4.78 is 35.9. The molecule has 0 spiro atoms. The lowest BCUT2D eigenvalue weighted by atomic mass is 10.1. The first-order chi connectivity index (χ1) is 17.3. The van der Waals surface area contributed by atoms with Gasteiger partial charge in [0.15, 0.2) is 5.65 Å². The molecule has 0 unspecified atom stereocenters. The van der Waals surface area contributed by atoms with Gasteiger partial charge in [0.25, 0.3) is 10.0 Å². The van der Waals surface area contributed by atoms with E-state index in [0.717, 1.165) is 42.9 Å². The fraction of sp³-hybridized carbons (Fsp3) is 0.400. The maximum atomic E-state index is 13.4. The van der Waals surface area contributed by atoms with Crippen LogP contribution in [0.25, 0.3) is 11.0 Å². The Hall–Kier alpha value is -3.44. The molecule has 0 atom stereocenters. The number of aryl methyl sites for hydroxylation is 1. The third-order valence-corrected chi connectivity index (χ3v) is 8.34. The Bertz CT molecular complexity index is 1480. The van der Waals surface area contributed by atoms with Gasteiger partial charge < -0.3 is 15.0 Å². The number of fused-ring (bicyclic) bond motifs is 1. The second kappa shape index (κ2) is 9.55. The van der Waals surface area contributed by atoms with Gasteiger partial charge in [-0.3, -0.25) is 4.68 Å². The summed E-state index contributed by atoms with van der Waals surface area (Å²) in [4.78, 5) is 11.6. The van der Waals surface area contributed by atoms with Gasteiger partial charge in [0.05, 0.1) is 40.5 Å². The van der Waals surface area contributed by atoms with Crippen LogP contribution in [0.5, 0.6) is 5.88 Å². The number of piperidine rings is 1. The molecule has 0 saturated carbocycles. The van der Waals surface area contributed by atoms with Crippen molar-refractivity contribution in [2.45, 2.75) is 44.6 Å². The first kappa shape index (κ1) is 24.3. The summed E-state index contributed by atoms with van der Waals surface area (Å²) in [6, 6.07) is 8.76. The highest BCUT2D eigenvalue weighted by Gasteiger charge is 2.24. The zero-order chi connectivity index (χ0) is 25.4. The van der Waals surface area contributed by atoms with Crippen LogP contribution in [0.4, 0.5) is 11.6 Å². The fourth-order valence-electron chi connectivity index (χ4n) is 4.56. The lowest BCUT2D eigenvalue weighted by Crippen LogP contribution is -2.32. The van der Waals surface area contributed by atoms with E-state index in [2.05, 4.69) is 37.0 Å². The van der Waals surface area contributed by atoms with Gasteiger partial charge in [-0.25, -0.2) is 12.4 Å². The van der Waals surface area contributed by atoms with E-state index in [-0.39, 0.29) is 16.5 Å². The molecule has 190 valence electrons. The predicted octanol–water partition coefficient (Wildman–Crippen LogP) is 3.89. The molecule has 1 aliphatic rings. The Balaban J connectivity index is 1.52. The third kappa shape index (κ3) is 4.44. The van der Waals surface area contributed by atoms with E-state index in [9.17, 15) is 8.42 Å². The van der Waals surface area contributed by atoms with Crippen molar-refractivity contribution in [3.8, 4) is 5.88 Å². The van der Waals surface area contributed by atoms with Gasteiger partial charge in [0.2, 0.25) is 11.8 Å². The number of rotatable bonds is 7. The summed E-state index contributed by atoms with van der Waals surface area (Å²) in [5, 5.41) is 8.39. The van der Waals surface area contributed by atoms with Gasteiger partial charge in [0, 0.05) is 6.20 Å². The summed E-state index contributed by atoms with van der Waals surface area (Å²) >= 11 is 0. The lowest BCUT2D eigenvalue weighted by Gasteiger charge is -2.29. The quantitative estimate of drug-likeness (QED) is 0.400. The first-order valence-electron chi connectivity index (χ1n) is 12.1. The molecule has 0 bridgehead atoms. The minimum Gasteiger partial charge on any atom is -0.477 e. The smallest absolute Gasteiger partial charge is 0.269 e. The van der Waals surface area contributed by atoms with Crippen molar-refractivity contribution in [3.63, 3.8) is 0 Å². The van der Waals surface area contributed by atoms with Crippen LogP contribution in [-0.2, 0) is 10.0 Å². The second-order valence-corrected chi connectivity index (χ2v) is 11.0. The molecule has 1 aromatic carbocycles. The van der Waals surface area contributed by atoms with Crippen LogP contribution in [0.1, 0.15) is 37.1 Å². The molecule has 36 heavy (non-hydrogen) atoms. The SMILES string of the molecule is CCOc1nc(Nc2cnn(C3CCN(C)CC3)c2C)nc2c1ccn2S(=O)(=O)c1ccc(C)cc1. The normalized spacial score (nSPS) is 15.4. The van der Waals surface area contributed by atoms with Crippen molar-refractivity contribution in [1.29, 1.82) is 0 Å². The van der Waals surface area contributed by atoms with E-state index in [4.69, 9.17) is 4.74 Å². The van der Waals surface area contributed by atoms with E-state index < -0.39 is 10.0 Å². The van der Waals surface area contributed by atoms with Gasteiger partial charge in [-0.15, -0.1) is 0 Å². The standard InChI is InChI=1S/C25H31N7O3S/c1-5-35-24-21-12-15-31(36(33,34)20-8-6-17(2)7-9-20)23(21)28-25(29-24)27-22-16-26-32(18(22)3)19-10-13-30(4)14-11-19/h6-9,12,15-16,19H,5,10-11,13-14H2,1-4H3,(H,27,28,29). The number of likely N-dealkylation sites (tertiary alicyclic amines) is 1. The highest BCUT2D eigenvalue weighted by molar-refractivity contribution is 7.90. The Morgan fingerprint density at radius 1 is 1.08 bits per heavy atom. The van der Waals surface area contributed by atoms with Crippen molar-refractivity contribution in [3.05, 3.63) is 54.0 Å². The van der Waals surface area contributed by atoms with Crippen LogP contribution in [-0.4, -0.2) is 63.8 Å². The number of aromatic nitrogens is 5. The minimum atomic E-state index is -3.86. The van der Waals surface area contributed by atoms with Crippen molar-refractivity contribution in [2.24, 2.45) is 0 Å². The number of nitrogens with zero attached hydrogens (tertiary/aromatic N) is 6. The number of anilines is 2. The third-order valence-electron chi connectivity index (χ3n) is 6.66. The summed E-state index contributed by atoms with van der Waals surface area (Å²) in [5.41, 5.74) is 2.98. The predicted molar refractivity (Wildman–Crippen MR) is 138 cm³/mol. The van der Waals surface area contributed by atoms with Crippen LogP contribution in [0, 0.1) is 13.8 Å². The fourth-order valence-corrected chi connectivity index (χ4v) is 5.85. The van der Waals surface area contributed by atoms with Crippen LogP contribution >= 0.6 is 0 Å². The van der Waals surface area contributed by atoms with Crippen molar-refractivity contribution in [2.75, 3.05) is 32.1 Å². The molecule has 4 aromatic rings. The zero-order valence-electron chi connectivity index (χ0n) is 21.0. The summed E-state index contributed by atoms with van der Waals surface area (Å²) in [7, 11) is -1.72. The highest BCUT2D eigenvalue weighted by Crippen LogP contribution is 2.31. The molecule has 4 heterocycles. The molecule has 5 rings (SSSR count). The average molecular weight is 510 g/mol. The molecule has 1 saturated heterocycles. The Morgan fingerprint density at radius 2 is 1.81 bits per heavy atom. The zero-order valence-corrected chi connectivity index (χ0v) is 21.8. The minimum absolute atomic E-state index is 0.187. The van der Waals surface area contributed by atoms with Crippen molar-refractivity contribution in [1.82, 2.24) is 28.6 Å². The Labute approximate surface area is 211 Å². The molecule has 0 amide bonds. The van der Waals surface area contributed by atoms with E-state index >= 15 is 0 Å². The number of hydrogen-bond donors (Lipinski definition) is 1. The molecule has 1 fully saturated rings. The average Bonchev–Trinajstić information content (AvgIpc) is 3.45. The van der Waals surface area contributed by atoms with Gasteiger partial charge >= 0.3 is 0 Å². The van der Waals surface area contributed by atoms with Crippen molar-refractivity contribution < 1.29 is 13.2 Å². The molecule has 0 radical (unpaired) electrons. The molecule has 10 nitrogen and oxygen atoms in total. The second-order valence-electron chi connectivity index (χ2n) is 9.20. The van der Waals surface area contributed by atoms with Gasteiger partial charge in [-0.2, -0.15) is 15.1 Å².